The minimum Gasteiger partial charge on any atom is -0.497 e. The predicted octanol–water partition coefficient (Wildman–Crippen LogP) is 5.39. The third-order valence-electron chi connectivity index (χ3n) is 5.48. The number of benzene rings is 2. The van der Waals surface area contributed by atoms with Crippen molar-refractivity contribution in [2.75, 3.05) is 7.11 Å². The van der Waals surface area contributed by atoms with E-state index < -0.39 is 5.97 Å². The van der Waals surface area contributed by atoms with Gasteiger partial charge in [0.05, 0.1) is 12.7 Å². The number of carbonyl (C=O) groups excluding carboxylic acids is 2. The van der Waals surface area contributed by atoms with Crippen LogP contribution in [0.15, 0.2) is 59.8 Å². The summed E-state index contributed by atoms with van der Waals surface area (Å²) in [6.45, 7) is 1.77. The number of ether oxygens (including phenoxy) is 3. The highest BCUT2D eigenvalue weighted by Gasteiger charge is 2.31. The SMILES string of the molecule is COc1ccc2c(c1)c(/C=C1/Oc3c(ccc(OC(=O)c4cccs4)c3C)C1=O)cn2C. The van der Waals surface area contributed by atoms with E-state index in [4.69, 9.17) is 14.2 Å². The summed E-state index contributed by atoms with van der Waals surface area (Å²) >= 11 is 1.31. The minimum absolute atomic E-state index is 0.209. The van der Waals surface area contributed by atoms with E-state index in [1.165, 1.54) is 11.3 Å². The lowest BCUT2D eigenvalue weighted by Gasteiger charge is -2.09. The Morgan fingerprint density at radius 3 is 2.78 bits per heavy atom. The van der Waals surface area contributed by atoms with Crippen LogP contribution in [0.2, 0.25) is 0 Å². The molecular formula is C25H19NO5S. The molecule has 0 radical (unpaired) electrons. The summed E-state index contributed by atoms with van der Waals surface area (Å²) < 4.78 is 18.8. The van der Waals surface area contributed by atoms with Gasteiger partial charge in [-0.2, -0.15) is 0 Å². The number of thiophene rings is 1. The zero-order valence-electron chi connectivity index (χ0n) is 17.7. The van der Waals surface area contributed by atoms with Crippen LogP contribution < -0.4 is 14.2 Å². The number of aryl methyl sites for hydroxylation is 1. The van der Waals surface area contributed by atoms with Crippen molar-refractivity contribution in [3.05, 3.63) is 81.4 Å². The van der Waals surface area contributed by atoms with Crippen molar-refractivity contribution in [2.24, 2.45) is 7.05 Å². The number of rotatable bonds is 4. The second-order valence-corrected chi connectivity index (χ2v) is 8.40. The van der Waals surface area contributed by atoms with Gasteiger partial charge in [0.2, 0.25) is 5.78 Å². The molecule has 7 heteroatoms. The molecule has 0 aliphatic carbocycles. The molecule has 32 heavy (non-hydrogen) atoms. The molecule has 1 aliphatic heterocycles. The van der Waals surface area contributed by atoms with Gasteiger partial charge in [-0.15, -0.1) is 11.3 Å². The van der Waals surface area contributed by atoms with E-state index in [2.05, 4.69) is 0 Å². The predicted molar refractivity (Wildman–Crippen MR) is 123 cm³/mol. The number of esters is 1. The van der Waals surface area contributed by atoms with Crippen LogP contribution in [0.3, 0.4) is 0 Å². The Bertz CT molecular complexity index is 1410. The summed E-state index contributed by atoms with van der Waals surface area (Å²) in [5.74, 6) is 1.09. The van der Waals surface area contributed by atoms with E-state index >= 15 is 0 Å². The van der Waals surface area contributed by atoms with Gasteiger partial charge >= 0.3 is 5.97 Å². The van der Waals surface area contributed by atoms with E-state index in [0.717, 1.165) is 22.2 Å². The van der Waals surface area contributed by atoms with Crippen molar-refractivity contribution < 1.29 is 23.8 Å². The molecule has 1 aliphatic rings. The topological polar surface area (TPSA) is 66.8 Å². The van der Waals surface area contributed by atoms with E-state index in [-0.39, 0.29) is 11.5 Å². The molecule has 160 valence electrons. The zero-order valence-corrected chi connectivity index (χ0v) is 18.5. The molecule has 2 aromatic heterocycles. The molecule has 3 heterocycles. The van der Waals surface area contributed by atoms with Crippen molar-refractivity contribution in [1.82, 2.24) is 4.57 Å². The van der Waals surface area contributed by atoms with Crippen LogP contribution in [0.1, 0.15) is 31.2 Å². The Balaban J connectivity index is 1.49. The highest BCUT2D eigenvalue weighted by atomic mass is 32.1. The van der Waals surface area contributed by atoms with Gasteiger partial charge in [0, 0.05) is 35.3 Å². The molecule has 0 amide bonds. The Labute approximate surface area is 188 Å². The number of nitrogens with zero attached hydrogens (tertiary/aromatic N) is 1. The standard InChI is InChI=1S/C25H19NO5S/c1-14-20(31-25(28)22-5-4-10-32-22)9-7-17-23(27)21(30-24(14)17)11-15-13-26(2)19-8-6-16(29-3)12-18(15)19/h4-13H,1-3H3/b21-11+. The first-order valence-electron chi connectivity index (χ1n) is 9.93. The van der Waals surface area contributed by atoms with Crippen LogP contribution in [0.4, 0.5) is 0 Å². The summed E-state index contributed by atoms with van der Waals surface area (Å²) in [4.78, 5) is 25.8. The quantitative estimate of drug-likeness (QED) is 0.239. The van der Waals surface area contributed by atoms with Gasteiger partial charge in [-0.3, -0.25) is 4.79 Å². The number of allylic oxidation sites excluding steroid dienone is 1. The lowest BCUT2D eigenvalue weighted by molar-refractivity contribution is 0.0738. The molecule has 0 saturated carbocycles. The number of aromatic nitrogens is 1. The highest BCUT2D eigenvalue weighted by Crippen LogP contribution is 2.40. The Morgan fingerprint density at radius 2 is 2.03 bits per heavy atom. The van der Waals surface area contributed by atoms with Gasteiger partial charge in [0.15, 0.2) is 5.76 Å². The summed E-state index contributed by atoms with van der Waals surface area (Å²) in [7, 11) is 3.56. The van der Waals surface area contributed by atoms with Gasteiger partial charge in [0.1, 0.15) is 22.1 Å². The molecular weight excluding hydrogens is 426 g/mol. The maximum absolute atomic E-state index is 13.0. The van der Waals surface area contributed by atoms with Crippen molar-refractivity contribution in [3.8, 4) is 17.2 Å². The molecule has 5 rings (SSSR count). The molecule has 0 fully saturated rings. The van der Waals surface area contributed by atoms with Gasteiger partial charge in [-0.1, -0.05) is 6.07 Å². The average molecular weight is 445 g/mol. The van der Waals surface area contributed by atoms with Crippen LogP contribution in [0.25, 0.3) is 17.0 Å². The second-order valence-electron chi connectivity index (χ2n) is 7.45. The third-order valence-corrected chi connectivity index (χ3v) is 6.33. The van der Waals surface area contributed by atoms with E-state index in [1.807, 2.05) is 41.4 Å². The van der Waals surface area contributed by atoms with Crippen molar-refractivity contribution in [3.63, 3.8) is 0 Å². The summed E-state index contributed by atoms with van der Waals surface area (Å²) in [5.41, 5.74) is 2.91. The lowest BCUT2D eigenvalue weighted by atomic mass is 10.1. The van der Waals surface area contributed by atoms with Crippen molar-refractivity contribution >= 4 is 40.1 Å². The van der Waals surface area contributed by atoms with Crippen molar-refractivity contribution in [1.29, 1.82) is 0 Å². The minimum atomic E-state index is -0.437. The van der Waals surface area contributed by atoms with Crippen LogP contribution in [0, 0.1) is 6.92 Å². The largest absolute Gasteiger partial charge is 0.497 e. The third kappa shape index (κ3) is 3.27. The maximum Gasteiger partial charge on any atom is 0.353 e. The van der Waals surface area contributed by atoms with Crippen molar-refractivity contribution in [2.45, 2.75) is 6.92 Å². The number of hydrogen-bond donors (Lipinski definition) is 0. The fraction of sp³-hybridized carbons (Fsp3) is 0.120. The molecule has 6 nitrogen and oxygen atoms in total. The number of carbonyl (C=O) groups is 2. The van der Waals surface area contributed by atoms with Crippen LogP contribution in [-0.2, 0) is 7.05 Å². The second kappa shape index (κ2) is 7.69. The first kappa shape index (κ1) is 20.1. The van der Waals surface area contributed by atoms with E-state index in [1.54, 1.807) is 44.4 Å². The molecule has 0 spiro atoms. The van der Waals surface area contributed by atoms with Gasteiger partial charge in [0.25, 0.3) is 0 Å². The molecule has 2 aromatic carbocycles. The summed E-state index contributed by atoms with van der Waals surface area (Å²) in [5, 5.41) is 2.77. The lowest BCUT2D eigenvalue weighted by Crippen LogP contribution is -2.07. The Hall–Kier alpha value is -3.84. The Morgan fingerprint density at radius 1 is 1.19 bits per heavy atom. The Kier molecular flexibility index (Phi) is 4.83. The smallest absolute Gasteiger partial charge is 0.353 e. The molecule has 0 saturated heterocycles. The van der Waals surface area contributed by atoms with Crippen LogP contribution in [-0.4, -0.2) is 23.4 Å². The van der Waals surface area contributed by atoms with Gasteiger partial charge < -0.3 is 18.8 Å². The molecule has 0 atom stereocenters. The molecule has 0 unspecified atom stereocenters. The number of Topliss-reactive ketones (excluding diaryl/α,β-unsaturated/α-hetero) is 1. The molecule has 4 aromatic rings. The number of methoxy groups -OCH3 is 1. The fourth-order valence-electron chi connectivity index (χ4n) is 3.81. The fourth-order valence-corrected chi connectivity index (χ4v) is 4.41. The first-order chi connectivity index (χ1) is 15.5. The maximum atomic E-state index is 13.0. The monoisotopic (exact) mass is 445 g/mol. The van der Waals surface area contributed by atoms with Gasteiger partial charge in [-0.05, 0) is 54.8 Å². The number of fused-ring (bicyclic) bond motifs is 2. The number of hydrogen-bond acceptors (Lipinski definition) is 6. The van der Waals surface area contributed by atoms with Gasteiger partial charge in [-0.25, -0.2) is 4.79 Å². The number of ketones is 1. The summed E-state index contributed by atoms with van der Waals surface area (Å²) in [6.07, 6.45) is 3.68. The summed E-state index contributed by atoms with van der Waals surface area (Å²) in [6, 6.07) is 12.6. The zero-order chi connectivity index (χ0) is 22.4. The molecule has 0 bridgehead atoms. The van der Waals surface area contributed by atoms with E-state index in [0.29, 0.717) is 27.5 Å². The normalized spacial score (nSPS) is 14.0. The average Bonchev–Trinajstić information content (AvgIpc) is 3.51. The van der Waals surface area contributed by atoms with Crippen LogP contribution in [0.5, 0.6) is 17.2 Å². The molecule has 0 N–H and O–H groups in total. The highest BCUT2D eigenvalue weighted by molar-refractivity contribution is 7.12. The van der Waals surface area contributed by atoms with Crippen LogP contribution >= 0.6 is 11.3 Å². The van der Waals surface area contributed by atoms with E-state index in [9.17, 15) is 9.59 Å². The first-order valence-corrected chi connectivity index (χ1v) is 10.8.